The average Bonchev–Trinajstić information content (AvgIpc) is 2.79. The molecule has 1 heterocycles. The van der Waals surface area contributed by atoms with Crippen LogP contribution >= 0.6 is 0 Å². The molecule has 0 unspecified atom stereocenters. The van der Waals surface area contributed by atoms with E-state index in [2.05, 4.69) is 0 Å². The van der Waals surface area contributed by atoms with E-state index in [1.807, 2.05) is 0 Å². The molecule has 1 saturated heterocycles. The summed E-state index contributed by atoms with van der Waals surface area (Å²) in [6, 6.07) is 8.09. The van der Waals surface area contributed by atoms with E-state index < -0.39 is 43.3 Å². The normalized spacial score (nSPS) is 25.2. The molecule has 3 rings (SSSR count). The Labute approximate surface area is 182 Å². The third-order valence-electron chi connectivity index (χ3n) is 4.90. The van der Waals surface area contributed by atoms with Gasteiger partial charge in [0.2, 0.25) is 6.29 Å². The van der Waals surface area contributed by atoms with Crippen LogP contribution in [-0.4, -0.2) is 81.0 Å². The van der Waals surface area contributed by atoms with Gasteiger partial charge in [0.25, 0.3) is 0 Å². The van der Waals surface area contributed by atoms with Gasteiger partial charge in [0.1, 0.15) is 31.0 Å². The van der Waals surface area contributed by atoms with Gasteiger partial charge in [-0.2, -0.15) is 0 Å². The van der Waals surface area contributed by atoms with Gasteiger partial charge in [-0.1, -0.05) is 6.07 Å². The average molecular weight is 452 g/mol. The summed E-state index contributed by atoms with van der Waals surface area (Å²) in [5.74, 6) is -1.14. The molecule has 11 heteroatoms. The largest absolute Gasteiger partial charge is 0.504 e. The fraction of sp³-hybridized carbons (Fsp3) is 0.381. The summed E-state index contributed by atoms with van der Waals surface area (Å²) < 4.78 is 20.8. The predicted octanol–water partition coefficient (Wildman–Crippen LogP) is -0.358. The van der Waals surface area contributed by atoms with E-state index in [1.165, 1.54) is 43.5 Å². The fourth-order valence-corrected chi connectivity index (χ4v) is 3.08. The van der Waals surface area contributed by atoms with E-state index in [9.17, 15) is 35.4 Å². The van der Waals surface area contributed by atoms with Crippen LogP contribution in [0, 0.1) is 0 Å². The van der Waals surface area contributed by atoms with Crippen molar-refractivity contribution in [1.29, 1.82) is 0 Å². The highest BCUT2D eigenvalue weighted by atomic mass is 16.7. The van der Waals surface area contributed by atoms with Crippen LogP contribution in [0.2, 0.25) is 0 Å². The van der Waals surface area contributed by atoms with Crippen LogP contribution in [-0.2, 0) is 16.1 Å². The smallest absolute Gasteiger partial charge is 0.338 e. The Balaban J connectivity index is 1.63. The van der Waals surface area contributed by atoms with Gasteiger partial charge in [0.15, 0.2) is 23.0 Å². The van der Waals surface area contributed by atoms with Crippen molar-refractivity contribution in [3.63, 3.8) is 0 Å². The maximum Gasteiger partial charge on any atom is 0.338 e. The Kier molecular flexibility index (Phi) is 7.38. The van der Waals surface area contributed by atoms with Crippen molar-refractivity contribution < 1.29 is 54.4 Å². The number of phenols is 2. The van der Waals surface area contributed by atoms with E-state index in [1.54, 1.807) is 0 Å². The van der Waals surface area contributed by atoms with Crippen LogP contribution < -0.4 is 9.47 Å². The molecule has 1 aliphatic rings. The Bertz CT molecular complexity index is 945. The third kappa shape index (κ3) is 5.03. The SMILES string of the molecule is COc1cc(C(=O)OCc2ccc(O[C@H]3O[C@H](CO)[C@@H](O)[C@H](O)[C@H]3O)c(O)c2)ccc1O. The second-order valence-corrected chi connectivity index (χ2v) is 7.08. The zero-order chi connectivity index (χ0) is 23.4. The second-order valence-electron chi connectivity index (χ2n) is 7.08. The zero-order valence-corrected chi connectivity index (χ0v) is 17.0. The molecular weight excluding hydrogens is 428 g/mol. The Morgan fingerprint density at radius 2 is 1.72 bits per heavy atom. The number of phenolic OH excluding ortho intramolecular Hbond substituents is 2. The highest BCUT2D eigenvalue weighted by molar-refractivity contribution is 5.90. The van der Waals surface area contributed by atoms with Crippen molar-refractivity contribution in [1.82, 2.24) is 0 Å². The Morgan fingerprint density at radius 1 is 0.969 bits per heavy atom. The standard InChI is InChI=1S/C21H24O11/c1-29-15-7-11(3-4-12(15)23)20(28)30-9-10-2-5-14(13(24)6-10)31-21-19(27)18(26)17(25)16(8-22)32-21/h2-7,16-19,21-27H,8-9H2,1H3/t16-,17-,18+,19-,21+/m1/s1. The van der Waals surface area contributed by atoms with Gasteiger partial charge in [0, 0.05) is 0 Å². The molecule has 1 fully saturated rings. The number of carbonyl (C=O) groups is 1. The monoisotopic (exact) mass is 452 g/mol. The molecule has 11 nitrogen and oxygen atoms in total. The highest BCUT2D eigenvalue weighted by Gasteiger charge is 2.44. The molecule has 174 valence electrons. The number of esters is 1. The van der Waals surface area contributed by atoms with Crippen molar-refractivity contribution in [2.45, 2.75) is 37.3 Å². The lowest BCUT2D eigenvalue weighted by Crippen LogP contribution is -2.60. The van der Waals surface area contributed by atoms with Gasteiger partial charge >= 0.3 is 5.97 Å². The molecule has 0 spiro atoms. The van der Waals surface area contributed by atoms with E-state index in [0.717, 1.165) is 0 Å². The molecule has 0 bridgehead atoms. The van der Waals surface area contributed by atoms with Gasteiger partial charge in [0.05, 0.1) is 19.3 Å². The Morgan fingerprint density at radius 3 is 2.38 bits per heavy atom. The maximum absolute atomic E-state index is 12.2. The van der Waals surface area contributed by atoms with Crippen molar-refractivity contribution in [2.75, 3.05) is 13.7 Å². The quantitative estimate of drug-likeness (QED) is 0.303. The van der Waals surface area contributed by atoms with Gasteiger partial charge in [-0.3, -0.25) is 0 Å². The number of hydrogen-bond donors (Lipinski definition) is 6. The lowest BCUT2D eigenvalue weighted by molar-refractivity contribution is -0.277. The van der Waals surface area contributed by atoms with E-state index in [0.29, 0.717) is 5.56 Å². The summed E-state index contributed by atoms with van der Waals surface area (Å²) in [6.07, 6.45) is -7.39. The van der Waals surface area contributed by atoms with E-state index in [-0.39, 0.29) is 35.2 Å². The maximum atomic E-state index is 12.2. The molecule has 0 saturated carbocycles. The van der Waals surface area contributed by atoms with Crippen molar-refractivity contribution in [2.24, 2.45) is 0 Å². The first-order valence-electron chi connectivity index (χ1n) is 9.58. The number of rotatable bonds is 7. The van der Waals surface area contributed by atoms with Gasteiger partial charge in [-0.05, 0) is 35.9 Å². The summed E-state index contributed by atoms with van der Waals surface area (Å²) in [6.45, 7) is -0.802. The molecule has 0 aliphatic carbocycles. The molecule has 0 radical (unpaired) electrons. The number of aliphatic hydroxyl groups excluding tert-OH is 4. The first kappa shape index (κ1) is 23.6. The molecule has 6 N–H and O–H groups in total. The lowest BCUT2D eigenvalue weighted by atomic mass is 9.99. The van der Waals surface area contributed by atoms with Crippen molar-refractivity contribution in [3.05, 3.63) is 47.5 Å². The first-order chi connectivity index (χ1) is 15.2. The first-order valence-corrected chi connectivity index (χ1v) is 9.58. The lowest BCUT2D eigenvalue weighted by Gasteiger charge is -2.39. The summed E-state index contributed by atoms with van der Waals surface area (Å²) in [5.41, 5.74) is 0.578. The van der Waals surface area contributed by atoms with Crippen LogP contribution in [0.1, 0.15) is 15.9 Å². The van der Waals surface area contributed by atoms with Gasteiger partial charge in [-0.15, -0.1) is 0 Å². The van der Waals surface area contributed by atoms with Crippen LogP contribution in [0.4, 0.5) is 0 Å². The van der Waals surface area contributed by atoms with Crippen molar-refractivity contribution >= 4 is 5.97 Å². The minimum absolute atomic E-state index is 0.104. The summed E-state index contributed by atoms with van der Waals surface area (Å²) >= 11 is 0. The van der Waals surface area contributed by atoms with Gasteiger partial charge in [-0.25, -0.2) is 4.79 Å². The molecule has 1 aliphatic heterocycles. The molecule has 5 atom stereocenters. The van der Waals surface area contributed by atoms with Crippen LogP contribution in [0.3, 0.4) is 0 Å². The van der Waals surface area contributed by atoms with E-state index in [4.69, 9.17) is 18.9 Å². The Hall–Kier alpha value is -3.09. The van der Waals surface area contributed by atoms with Gasteiger partial charge < -0.3 is 49.6 Å². The number of aromatic hydroxyl groups is 2. The fourth-order valence-electron chi connectivity index (χ4n) is 3.08. The number of hydrogen-bond acceptors (Lipinski definition) is 11. The topological polar surface area (TPSA) is 175 Å². The summed E-state index contributed by atoms with van der Waals surface area (Å²) in [5, 5.41) is 58.7. The summed E-state index contributed by atoms with van der Waals surface area (Å²) in [7, 11) is 1.35. The molecule has 0 amide bonds. The number of ether oxygens (including phenoxy) is 4. The second kappa shape index (κ2) is 10.0. The predicted molar refractivity (Wildman–Crippen MR) is 106 cm³/mol. The highest BCUT2D eigenvalue weighted by Crippen LogP contribution is 2.32. The summed E-state index contributed by atoms with van der Waals surface area (Å²) in [4.78, 5) is 12.2. The molecular formula is C21H24O11. The van der Waals surface area contributed by atoms with E-state index >= 15 is 0 Å². The molecule has 0 aromatic heterocycles. The van der Waals surface area contributed by atoms with Crippen LogP contribution in [0.5, 0.6) is 23.0 Å². The number of aliphatic hydroxyl groups is 4. The molecule has 32 heavy (non-hydrogen) atoms. The molecule has 2 aromatic carbocycles. The number of benzene rings is 2. The minimum Gasteiger partial charge on any atom is -0.504 e. The van der Waals surface area contributed by atoms with Crippen LogP contribution in [0.25, 0.3) is 0 Å². The zero-order valence-electron chi connectivity index (χ0n) is 17.0. The number of carbonyl (C=O) groups excluding carboxylic acids is 1. The van der Waals surface area contributed by atoms with Crippen LogP contribution in [0.15, 0.2) is 36.4 Å². The van der Waals surface area contributed by atoms with Crippen molar-refractivity contribution in [3.8, 4) is 23.0 Å². The minimum atomic E-state index is -1.63. The number of methoxy groups -OCH3 is 1. The molecule has 2 aromatic rings. The third-order valence-corrected chi connectivity index (χ3v) is 4.90.